The van der Waals surface area contributed by atoms with Gasteiger partial charge in [0.25, 0.3) is 0 Å². The zero-order chi connectivity index (χ0) is 15.1. The Hall–Kier alpha value is -1.75. The van der Waals surface area contributed by atoms with Crippen molar-refractivity contribution in [1.82, 2.24) is 5.32 Å². The number of carbonyl (C=O) groups is 1. The summed E-state index contributed by atoms with van der Waals surface area (Å²) in [7, 11) is 1.52. The number of urea groups is 1. The molecule has 1 aromatic rings. The van der Waals surface area contributed by atoms with E-state index in [0.717, 1.165) is 24.1 Å². The molecule has 0 aromatic heterocycles. The number of rotatable bonds is 4. The highest BCUT2D eigenvalue weighted by molar-refractivity contribution is 6.34. The highest BCUT2D eigenvalue weighted by atomic mass is 35.5. The molecule has 0 aliphatic heterocycles. The number of halogens is 1. The Balaban J connectivity index is 3.17. The Bertz CT molecular complexity index is 502. The lowest BCUT2D eigenvalue weighted by Gasteiger charge is -2.25. The van der Waals surface area contributed by atoms with Crippen LogP contribution < -0.4 is 16.0 Å². The molecule has 5 nitrogen and oxygen atoms in total. The van der Waals surface area contributed by atoms with Crippen molar-refractivity contribution in [2.24, 2.45) is 10.7 Å². The minimum absolute atomic E-state index is 0.0844. The summed E-state index contributed by atoms with van der Waals surface area (Å²) in [4.78, 5) is 17.7. The Kier molecular flexibility index (Phi) is 6.31. The smallest absolute Gasteiger partial charge is 0.328 e. The molecule has 3 N–H and O–H groups in total. The minimum atomic E-state index is -0.322. The summed E-state index contributed by atoms with van der Waals surface area (Å²) in [6, 6.07) is 5.31. The molecule has 0 unspecified atom stereocenters. The van der Waals surface area contributed by atoms with E-state index in [0.29, 0.717) is 11.6 Å². The van der Waals surface area contributed by atoms with Crippen molar-refractivity contribution >= 4 is 29.3 Å². The molecule has 0 bridgehead atoms. The molecule has 2 amide bonds. The number of anilines is 1. The second kappa shape index (κ2) is 7.75. The van der Waals surface area contributed by atoms with Crippen LogP contribution in [0.5, 0.6) is 0 Å². The van der Waals surface area contributed by atoms with Crippen LogP contribution in [0, 0.1) is 0 Å². The van der Waals surface area contributed by atoms with Crippen molar-refractivity contribution in [3.8, 4) is 0 Å². The summed E-state index contributed by atoms with van der Waals surface area (Å²) >= 11 is 6.27. The predicted octanol–water partition coefficient (Wildman–Crippen LogP) is 2.77. The number of aryl methyl sites for hydroxylation is 1. The standard InChI is InChI=1S/C14H21ClN4O/c1-4-9-19(14(20)18-13(16)17-3)12-10(5-2)7-6-8-11(12)15/h6-8H,4-5,9H2,1-3H3,(H3,16,17,18,20). The number of hydrogen-bond donors (Lipinski definition) is 2. The third-order valence-electron chi connectivity index (χ3n) is 2.89. The first-order valence-electron chi connectivity index (χ1n) is 6.63. The molecule has 0 aliphatic rings. The lowest BCUT2D eigenvalue weighted by atomic mass is 10.1. The van der Waals surface area contributed by atoms with E-state index in [1.54, 1.807) is 11.0 Å². The summed E-state index contributed by atoms with van der Waals surface area (Å²) in [6.45, 7) is 4.58. The van der Waals surface area contributed by atoms with E-state index >= 15 is 0 Å². The van der Waals surface area contributed by atoms with Gasteiger partial charge in [-0.3, -0.25) is 15.2 Å². The Morgan fingerprint density at radius 2 is 2.15 bits per heavy atom. The van der Waals surface area contributed by atoms with Gasteiger partial charge in [0.1, 0.15) is 0 Å². The maximum Gasteiger partial charge on any atom is 0.328 e. The van der Waals surface area contributed by atoms with Gasteiger partial charge in [-0.1, -0.05) is 37.6 Å². The van der Waals surface area contributed by atoms with Crippen molar-refractivity contribution in [1.29, 1.82) is 0 Å². The minimum Gasteiger partial charge on any atom is -0.370 e. The van der Waals surface area contributed by atoms with Gasteiger partial charge in [0.15, 0.2) is 5.96 Å². The highest BCUT2D eigenvalue weighted by Gasteiger charge is 2.20. The van der Waals surface area contributed by atoms with E-state index in [2.05, 4.69) is 10.3 Å². The number of carbonyl (C=O) groups excluding carboxylic acids is 1. The van der Waals surface area contributed by atoms with Crippen molar-refractivity contribution in [3.63, 3.8) is 0 Å². The largest absolute Gasteiger partial charge is 0.370 e. The average Bonchev–Trinajstić information content (AvgIpc) is 2.44. The molecular weight excluding hydrogens is 276 g/mol. The second-order valence-electron chi connectivity index (χ2n) is 4.29. The van der Waals surface area contributed by atoms with Gasteiger partial charge in [-0.05, 0) is 24.5 Å². The van der Waals surface area contributed by atoms with Gasteiger partial charge < -0.3 is 5.73 Å². The van der Waals surface area contributed by atoms with Crippen LogP contribution >= 0.6 is 11.6 Å². The summed E-state index contributed by atoms with van der Waals surface area (Å²) in [5.41, 5.74) is 7.31. The number of nitrogens with zero attached hydrogens (tertiary/aromatic N) is 2. The monoisotopic (exact) mass is 296 g/mol. The molecule has 0 saturated heterocycles. The molecule has 0 aliphatic carbocycles. The maximum atomic E-state index is 12.3. The van der Waals surface area contributed by atoms with E-state index < -0.39 is 0 Å². The van der Waals surface area contributed by atoms with Crippen molar-refractivity contribution in [2.45, 2.75) is 26.7 Å². The third kappa shape index (κ3) is 3.87. The number of nitrogens with one attached hydrogen (secondary N) is 1. The summed E-state index contributed by atoms with van der Waals surface area (Å²) < 4.78 is 0. The molecule has 1 rings (SSSR count). The molecule has 6 heteroatoms. The average molecular weight is 297 g/mol. The van der Waals surface area contributed by atoms with Crippen LogP contribution in [-0.2, 0) is 6.42 Å². The van der Waals surface area contributed by atoms with Crippen LogP contribution in [0.3, 0.4) is 0 Å². The normalized spacial score (nSPS) is 11.3. The summed E-state index contributed by atoms with van der Waals surface area (Å²) in [5.74, 6) is 0.0844. The number of benzene rings is 1. The highest BCUT2D eigenvalue weighted by Crippen LogP contribution is 2.30. The van der Waals surface area contributed by atoms with Crippen molar-refractivity contribution < 1.29 is 4.79 Å². The number of nitrogens with two attached hydrogens (primary N) is 1. The maximum absolute atomic E-state index is 12.3. The van der Waals surface area contributed by atoms with Gasteiger partial charge in [0.05, 0.1) is 10.7 Å². The summed E-state index contributed by atoms with van der Waals surface area (Å²) in [5, 5.41) is 3.10. The zero-order valence-electron chi connectivity index (χ0n) is 12.1. The topological polar surface area (TPSA) is 70.7 Å². The van der Waals surface area contributed by atoms with Gasteiger partial charge >= 0.3 is 6.03 Å². The first kappa shape index (κ1) is 16.3. The Labute approximate surface area is 124 Å². The molecule has 1 aromatic carbocycles. The molecule has 0 heterocycles. The zero-order valence-corrected chi connectivity index (χ0v) is 12.9. The first-order chi connectivity index (χ1) is 9.54. The fraction of sp³-hybridized carbons (Fsp3) is 0.429. The van der Waals surface area contributed by atoms with Gasteiger partial charge in [-0.2, -0.15) is 0 Å². The lowest BCUT2D eigenvalue weighted by Crippen LogP contribution is -2.46. The van der Waals surface area contributed by atoms with Gasteiger partial charge in [-0.15, -0.1) is 0 Å². The van der Waals surface area contributed by atoms with Crippen molar-refractivity contribution in [2.75, 3.05) is 18.5 Å². The fourth-order valence-electron chi connectivity index (χ4n) is 1.92. The SMILES string of the molecule is CCCN(C(=O)NC(N)=NC)c1c(Cl)cccc1CC. The van der Waals surface area contributed by atoms with E-state index in [-0.39, 0.29) is 12.0 Å². The van der Waals surface area contributed by atoms with Crippen LogP contribution in [0.4, 0.5) is 10.5 Å². The Morgan fingerprint density at radius 3 is 2.70 bits per heavy atom. The lowest BCUT2D eigenvalue weighted by molar-refractivity contribution is 0.250. The second-order valence-corrected chi connectivity index (χ2v) is 4.70. The number of aliphatic imine (C=N–C) groups is 1. The molecule has 110 valence electrons. The molecular formula is C14H21ClN4O. The molecule has 0 saturated carbocycles. The van der Waals surface area contributed by atoms with E-state index in [1.165, 1.54) is 7.05 Å². The van der Waals surface area contributed by atoms with E-state index in [1.807, 2.05) is 26.0 Å². The predicted molar refractivity (Wildman–Crippen MR) is 84.5 cm³/mol. The van der Waals surface area contributed by atoms with Gasteiger partial charge in [0.2, 0.25) is 0 Å². The first-order valence-corrected chi connectivity index (χ1v) is 7.01. The fourth-order valence-corrected chi connectivity index (χ4v) is 2.22. The number of hydrogen-bond acceptors (Lipinski definition) is 2. The van der Waals surface area contributed by atoms with Gasteiger partial charge in [-0.25, -0.2) is 4.79 Å². The van der Waals surface area contributed by atoms with Crippen LogP contribution in [0.15, 0.2) is 23.2 Å². The Morgan fingerprint density at radius 1 is 1.45 bits per heavy atom. The number of guanidine groups is 1. The quantitative estimate of drug-likeness (QED) is 0.662. The third-order valence-corrected chi connectivity index (χ3v) is 3.19. The number of para-hydroxylation sites is 1. The van der Waals surface area contributed by atoms with Crippen molar-refractivity contribution in [3.05, 3.63) is 28.8 Å². The van der Waals surface area contributed by atoms with Crippen LogP contribution in [0.2, 0.25) is 5.02 Å². The van der Waals surface area contributed by atoms with E-state index in [4.69, 9.17) is 17.3 Å². The molecule has 0 fully saturated rings. The molecule has 0 spiro atoms. The van der Waals surface area contributed by atoms with Crippen LogP contribution in [0.25, 0.3) is 0 Å². The molecule has 20 heavy (non-hydrogen) atoms. The molecule has 0 radical (unpaired) electrons. The summed E-state index contributed by atoms with van der Waals surface area (Å²) in [6.07, 6.45) is 1.60. The molecule has 0 atom stereocenters. The van der Waals surface area contributed by atoms with Crippen LogP contribution in [-0.4, -0.2) is 25.6 Å². The van der Waals surface area contributed by atoms with Gasteiger partial charge in [0, 0.05) is 13.6 Å². The van der Waals surface area contributed by atoms with E-state index in [9.17, 15) is 4.79 Å². The van der Waals surface area contributed by atoms with Crippen LogP contribution in [0.1, 0.15) is 25.8 Å². The number of amides is 2.